The van der Waals surface area contributed by atoms with Crippen LogP contribution < -0.4 is 0 Å². The van der Waals surface area contributed by atoms with Gasteiger partial charge in [-0.25, -0.2) is 0 Å². The normalized spacial score (nSPS) is 21.7. The zero-order chi connectivity index (χ0) is 15.8. The quantitative estimate of drug-likeness (QED) is 0.557. The number of ether oxygens (including phenoxy) is 3. The van der Waals surface area contributed by atoms with Gasteiger partial charge in [0.1, 0.15) is 12.2 Å². The first-order valence-corrected chi connectivity index (χ1v) is 7.51. The van der Waals surface area contributed by atoms with Crippen LogP contribution >= 0.6 is 0 Å². The van der Waals surface area contributed by atoms with E-state index in [0.29, 0.717) is 12.2 Å². The van der Waals surface area contributed by atoms with Gasteiger partial charge in [0.15, 0.2) is 0 Å². The summed E-state index contributed by atoms with van der Waals surface area (Å²) in [6, 6.07) is 5.55. The highest BCUT2D eigenvalue weighted by Gasteiger charge is 2.26. The molecular weight excluding hydrogens is 284 g/mol. The average molecular weight is 308 g/mol. The van der Waals surface area contributed by atoms with Crippen LogP contribution in [0.3, 0.4) is 0 Å². The summed E-state index contributed by atoms with van der Waals surface area (Å²) in [7, 11) is 0. The maximum absolute atomic E-state index is 9.01. The molecule has 122 valence electrons. The molecule has 2 N–H and O–H groups in total. The Balaban J connectivity index is 0.000000170. The molecule has 1 aromatic carbocycles. The van der Waals surface area contributed by atoms with E-state index in [1.54, 1.807) is 6.08 Å². The Hall–Kier alpha value is -1.24. The fraction of sp³-hybridized carbons (Fsp3) is 0.529. The second kappa shape index (κ2) is 9.02. The lowest BCUT2D eigenvalue weighted by molar-refractivity contribution is 0.102. The van der Waals surface area contributed by atoms with E-state index in [1.807, 2.05) is 18.2 Å². The third kappa shape index (κ3) is 6.25. The van der Waals surface area contributed by atoms with Crippen molar-refractivity contribution in [1.82, 2.24) is 0 Å². The van der Waals surface area contributed by atoms with Gasteiger partial charge in [0.25, 0.3) is 0 Å². The SMILES string of the molecule is C(OCC1CO1)C1CO1.C=CCc1cc(CO)ccc1CO. The van der Waals surface area contributed by atoms with Gasteiger partial charge in [-0.05, 0) is 23.1 Å². The van der Waals surface area contributed by atoms with Crippen LogP contribution in [0.25, 0.3) is 0 Å². The summed E-state index contributed by atoms with van der Waals surface area (Å²) < 4.78 is 15.1. The molecule has 0 amide bonds. The van der Waals surface area contributed by atoms with Gasteiger partial charge in [-0.2, -0.15) is 0 Å². The lowest BCUT2D eigenvalue weighted by atomic mass is 10.0. The zero-order valence-corrected chi connectivity index (χ0v) is 12.7. The standard InChI is InChI=1S/C11H14O2.C6H10O3/c1-2-3-10-6-9(7-12)4-5-11(10)8-13;1(5-3-8-5)7-2-6-4-9-6/h2,4-6,12-13H,1,3,7-8H2;5-6H,1-4H2. The molecule has 5 heteroatoms. The summed E-state index contributed by atoms with van der Waals surface area (Å²) in [5.41, 5.74) is 2.80. The van der Waals surface area contributed by atoms with E-state index in [4.69, 9.17) is 24.4 Å². The highest BCUT2D eigenvalue weighted by molar-refractivity contribution is 5.32. The first-order chi connectivity index (χ1) is 10.8. The first-order valence-electron chi connectivity index (χ1n) is 7.51. The molecule has 0 radical (unpaired) electrons. The molecule has 2 aliphatic rings. The monoisotopic (exact) mass is 308 g/mol. The summed E-state index contributed by atoms with van der Waals surface area (Å²) in [5.74, 6) is 0. The van der Waals surface area contributed by atoms with E-state index in [9.17, 15) is 0 Å². The Kier molecular flexibility index (Phi) is 7.02. The minimum absolute atomic E-state index is 0.0366. The van der Waals surface area contributed by atoms with Gasteiger partial charge in [-0.15, -0.1) is 6.58 Å². The Labute approximate surface area is 131 Å². The van der Waals surface area contributed by atoms with Gasteiger partial charge in [0, 0.05) is 0 Å². The van der Waals surface area contributed by atoms with Gasteiger partial charge >= 0.3 is 0 Å². The van der Waals surface area contributed by atoms with E-state index in [1.165, 1.54) is 0 Å². The summed E-state index contributed by atoms with van der Waals surface area (Å²) in [6.45, 7) is 6.98. The van der Waals surface area contributed by atoms with E-state index < -0.39 is 0 Å². The van der Waals surface area contributed by atoms with Crippen molar-refractivity contribution in [3.63, 3.8) is 0 Å². The van der Waals surface area contributed by atoms with Gasteiger partial charge in [0.2, 0.25) is 0 Å². The average Bonchev–Trinajstić information content (AvgIpc) is 3.43. The van der Waals surface area contributed by atoms with Crippen LogP contribution in [0.5, 0.6) is 0 Å². The van der Waals surface area contributed by atoms with E-state index >= 15 is 0 Å². The number of hydrogen-bond acceptors (Lipinski definition) is 5. The van der Waals surface area contributed by atoms with Gasteiger partial charge < -0.3 is 24.4 Å². The number of aliphatic hydroxyl groups is 2. The van der Waals surface area contributed by atoms with Crippen molar-refractivity contribution in [2.24, 2.45) is 0 Å². The Morgan fingerprint density at radius 3 is 2.18 bits per heavy atom. The van der Waals surface area contributed by atoms with Crippen LogP contribution in [-0.4, -0.2) is 48.8 Å². The highest BCUT2D eigenvalue weighted by atomic mass is 16.6. The summed E-state index contributed by atoms with van der Waals surface area (Å²) >= 11 is 0. The van der Waals surface area contributed by atoms with Crippen molar-refractivity contribution >= 4 is 0 Å². The lowest BCUT2D eigenvalue weighted by Gasteiger charge is -2.06. The van der Waals surface area contributed by atoms with E-state index in [0.717, 1.165) is 49.5 Å². The molecule has 2 fully saturated rings. The van der Waals surface area contributed by atoms with E-state index in [-0.39, 0.29) is 13.2 Å². The third-order valence-electron chi connectivity index (χ3n) is 3.40. The van der Waals surface area contributed by atoms with Crippen molar-refractivity contribution in [2.45, 2.75) is 31.8 Å². The fourth-order valence-corrected chi connectivity index (χ4v) is 1.94. The molecular formula is C17H24O5. The number of rotatable bonds is 8. The second-order valence-electron chi connectivity index (χ2n) is 5.36. The largest absolute Gasteiger partial charge is 0.392 e. The molecule has 0 spiro atoms. The van der Waals surface area contributed by atoms with E-state index in [2.05, 4.69) is 6.58 Å². The smallest absolute Gasteiger partial charge is 0.104 e. The number of benzene rings is 1. The highest BCUT2D eigenvalue weighted by Crippen LogP contribution is 2.14. The summed E-state index contributed by atoms with van der Waals surface area (Å²) in [6.07, 6.45) is 3.30. The van der Waals surface area contributed by atoms with Crippen LogP contribution in [-0.2, 0) is 33.8 Å². The van der Waals surface area contributed by atoms with Crippen LogP contribution in [0.2, 0.25) is 0 Å². The maximum Gasteiger partial charge on any atom is 0.104 e. The van der Waals surface area contributed by atoms with Gasteiger partial charge in [-0.3, -0.25) is 0 Å². The third-order valence-corrected chi connectivity index (χ3v) is 3.40. The fourth-order valence-electron chi connectivity index (χ4n) is 1.94. The number of allylic oxidation sites excluding steroid dienone is 1. The Morgan fingerprint density at radius 1 is 1.09 bits per heavy atom. The predicted octanol–water partition coefficient (Wildman–Crippen LogP) is 1.20. The summed E-state index contributed by atoms with van der Waals surface area (Å²) in [4.78, 5) is 0. The van der Waals surface area contributed by atoms with Crippen LogP contribution in [0.15, 0.2) is 30.9 Å². The number of epoxide rings is 2. The maximum atomic E-state index is 9.01. The molecule has 5 nitrogen and oxygen atoms in total. The van der Waals surface area contributed by atoms with Crippen molar-refractivity contribution in [1.29, 1.82) is 0 Å². The molecule has 2 aliphatic heterocycles. The van der Waals surface area contributed by atoms with Crippen LogP contribution in [0.4, 0.5) is 0 Å². The molecule has 2 atom stereocenters. The molecule has 0 aliphatic carbocycles. The minimum atomic E-state index is 0.0366. The molecule has 2 saturated heterocycles. The number of hydrogen-bond donors (Lipinski definition) is 2. The van der Waals surface area contributed by atoms with Crippen LogP contribution in [0, 0.1) is 0 Å². The molecule has 0 bridgehead atoms. The Morgan fingerprint density at radius 2 is 1.73 bits per heavy atom. The topological polar surface area (TPSA) is 74.8 Å². The van der Waals surface area contributed by atoms with Gasteiger partial charge in [0.05, 0.1) is 39.6 Å². The molecule has 0 saturated carbocycles. The molecule has 2 unspecified atom stereocenters. The van der Waals surface area contributed by atoms with Crippen molar-refractivity contribution < 1.29 is 24.4 Å². The molecule has 3 rings (SSSR count). The zero-order valence-electron chi connectivity index (χ0n) is 12.7. The number of aliphatic hydroxyl groups excluding tert-OH is 2. The van der Waals surface area contributed by atoms with Crippen molar-refractivity contribution in [3.8, 4) is 0 Å². The first kappa shape index (κ1) is 17.1. The van der Waals surface area contributed by atoms with Gasteiger partial charge in [-0.1, -0.05) is 24.3 Å². The lowest BCUT2D eigenvalue weighted by Crippen LogP contribution is -2.06. The molecule has 1 aromatic rings. The molecule has 2 heterocycles. The predicted molar refractivity (Wildman–Crippen MR) is 82.5 cm³/mol. The minimum Gasteiger partial charge on any atom is -0.392 e. The Bertz CT molecular complexity index is 454. The second-order valence-corrected chi connectivity index (χ2v) is 5.36. The molecule has 0 aromatic heterocycles. The van der Waals surface area contributed by atoms with Crippen molar-refractivity contribution in [3.05, 3.63) is 47.5 Å². The molecule has 22 heavy (non-hydrogen) atoms. The van der Waals surface area contributed by atoms with Crippen molar-refractivity contribution in [2.75, 3.05) is 26.4 Å². The summed E-state index contributed by atoms with van der Waals surface area (Å²) in [5, 5.41) is 17.9. The van der Waals surface area contributed by atoms with Crippen LogP contribution in [0.1, 0.15) is 16.7 Å².